The van der Waals surface area contributed by atoms with Crippen molar-refractivity contribution in [1.82, 2.24) is 0 Å². The number of benzene rings is 9. The number of allylic oxidation sites excluding steroid dienone is 5. The monoisotopic (exact) mass is 870 g/mol. The molecule has 0 heterocycles. The summed E-state index contributed by atoms with van der Waals surface area (Å²) in [6.07, 6.45) is 6.72. The second-order valence-electron chi connectivity index (χ2n) is 19.0. The van der Waals surface area contributed by atoms with E-state index in [0.29, 0.717) is 17.6 Å². The zero-order valence-corrected chi connectivity index (χ0v) is 39.0. The Kier molecular flexibility index (Phi) is 9.74. The average Bonchev–Trinajstić information content (AvgIpc) is 3.83. The van der Waals surface area contributed by atoms with E-state index in [1.54, 1.807) is 0 Å². The fraction of sp³-hybridized carbons (Fsp3) is 0.0896. The zero-order chi connectivity index (χ0) is 46.3. The maximum Gasteiger partial charge on any atom is 0.192 e. The van der Waals surface area contributed by atoms with Gasteiger partial charge in [0.05, 0.1) is 5.41 Å². The summed E-state index contributed by atoms with van der Waals surface area (Å²) in [5, 5.41) is 0. The molecule has 9 aromatic rings. The zero-order valence-electron chi connectivity index (χ0n) is 39.0. The predicted octanol–water partition coefficient (Wildman–Crippen LogP) is 16.9. The molecule has 0 saturated carbocycles. The lowest BCUT2D eigenvalue weighted by Crippen LogP contribution is -2.26. The first-order chi connectivity index (χ1) is 33.2. The Bertz CT molecular complexity index is 3580. The van der Waals surface area contributed by atoms with Gasteiger partial charge >= 0.3 is 0 Å². The summed E-state index contributed by atoms with van der Waals surface area (Å²) < 4.78 is 0. The number of carbonyl (C=O) groups excluding carboxylic acids is 1. The van der Waals surface area contributed by atoms with Crippen LogP contribution in [0.1, 0.15) is 66.0 Å². The van der Waals surface area contributed by atoms with Crippen molar-refractivity contribution in [1.29, 1.82) is 0 Å². The van der Waals surface area contributed by atoms with E-state index in [1.165, 1.54) is 77.9 Å². The lowest BCUT2D eigenvalue weighted by atomic mass is 9.69. The van der Waals surface area contributed by atoms with Gasteiger partial charge in [0.1, 0.15) is 0 Å². The third-order valence-corrected chi connectivity index (χ3v) is 14.9. The van der Waals surface area contributed by atoms with Crippen LogP contribution in [-0.2, 0) is 11.8 Å². The highest BCUT2D eigenvalue weighted by atomic mass is 16.1. The highest BCUT2D eigenvalue weighted by Crippen LogP contribution is 2.64. The van der Waals surface area contributed by atoms with Crippen molar-refractivity contribution in [2.24, 2.45) is 0 Å². The Morgan fingerprint density at radius 3 is 1.50 bits per heavy atom. The predicted molar refractivity (Wildman–Crippen MR) is 284 cm³/mol. The summed E-state index contributed by atoms with van der Waals surface area (Å²) in [7, 11) is 0. The molecule has 68 heavy (non-hydrogen) atoms. The Balaban J connectivity index is 1.07. The molecule has 1 spiro atoms. The Morgan fingerprint density at radius 2 is 0.882 bits per heavy atom. The normalized spacial score (nSPS) is 13.8. The number of fused-ring (bicyclic) bond motifs is 15. The van der Waals surface area contributed by atoms with Gasteiger partial charge in [-0.2, -0.15) is 0 Å². The van der Waals surface area contributed by atoms with E-state index in [1.807, 2.05) is 18.2 Å². The maximum absolute atomic E-state index is 15.5. The molecule has 0 N–H and O–H groups in total. The molecule has 0 aromatic heterocycles. The first kappa shape index (κ1) is 41.3. The highest BCUT2D eigenvalue weighted by molar-refractivity contribution is 6.12. The minimum atomic E-state index is -0.685. The summed E-state index contributed by atoms with van der Waals surface area (Å²) in [6.45, 7) is 13.3. The van der Waals surface area contributed by atoms with Crippen molar-refractivity contribution in [3.63, 3.8) is 0 Å². The van der Waals surface area contributed by atoms with Crippen LogP contribution in [0.25, 0.3) is 72.3 Å². The minimum absolute atomic E-state index is 0.0158. The van der Waals surface area contributed by atoms with Crippen molar-refractivity contribution in [2.75, 3.05) is 0 Å². The van der Waals surface area contributed by atoms with Gasteiger partial charge in [-0.05, 0) is 169 Å². The lowest BCUT2D eigenvalue weighted by Gasteiger charge is -2.31. The third kappa shape index (κ3) is 6.41. The topological polar surface area (TPSA) is 17.1 Å². The second kappa shape index (κ2) is 16.0. The van der Waals surface area contributed by atoms with E-state index in [9.17, 15) is 0 Å². The van der Waals surface area contributed by atoms with E-state index in [0.717, 1.165) is 50.1 Å². The number of ketones is 1. The van der Waals surface area contributed by atoms with Crippen LogP contribution in [0.4, 0.5) is 0 Å². The molecule has 0 amide bonds. The Morgan fingerprint density at radius 1 is 0.412 bits per heavy atom. The van der Waals surface area contributed by atoms with Crippen LogP contribution in [0.5, 0.6) is 0 Å². The van der Waals surface area contributed by atoms with Gasteiger partial charge in [-0.1, -0.05) is 206 Å². The summed E-state index contributed by atoms with van der Waals surface area (Å²) in [6, 6.07) is 68.8. The first-order valence-electron chi connectivity index (χ1n) is 23.8. The average molecular weight is 871 g/mol. The van der Waals surface area contributed by atoms with E-state index < -0.39 is 5.41 Å². The minimum Gasteiger partial charge on any atom is -0.289 e. The molecular weight excluding hydrogens is 821 g/mol. The number of hydrogen-bond donors (Lipinski definition) is 0. The van der Waals surface area contributed by atoms with Crippen molar-refractivity contribution in [3.05, 3.63) is 280 Å². The molecule has 0 fully saturated rings. The fourth-order valence-corrected chi connectivity index (χ4v) is 11.6. The van der Waals surface area contributed by atoms with Crippen molar-refractivity contribution >= 4 is 11.4 Å². The molecule has 324 valence electrons. The van der Waals surface area contributed by atoms with Gasteiger partial charge < -0.3 is 0 Å². The summed E-state index contributed by atoms with van der Waals surface area (Å²) >= 11 is 0. The van der Waals surface area contributed by atoms with Gasteiger partial charge in [-0.25, -0.2) is 0 Å². The lowest BCUT2D eigenvalue weighted by molar-refractivity contribution is 0.103. The Labute approximate surface area is 400 Å². The number of rotatable bonds is 4. The van der Waals surface area contributed by atoms with E-state index in [-0.39, 0.29) is 5.78 Å². The standard InChI is InChI=1S/C67H50O/c1-41-22-24-44(4)60(36-41)48-30-33-58-59-34-31-49(61-37-42(2)23-25-45(61)5)39-64(59)67(63(58)38-48)62-21-13-12-20-56(62)57-35-32-50(40-65(57)67)66(68)47-27-26-43(3)51-15-8-9-17-53(51)55-19-11-10-18-54(55)52-16-7-6-14-46(52)28-29-47/h6-27,29-40H,3,28H2,1-2,4-5H3. The Hall–Kier alpha value is -8.13. The molecule has 1 heteroatoms. The molecule has 0 atom stereocenters. The van der Waals surface area contributed by atoms with E-state index in [2.05, 4.69) is 222 Å². The molecule has 0 radical (unpaired) electrons. The second-order valence-corrected chi connectivity index (χ2v) is 19.0. The van der Waals surface area contributed by atoms with Gasteiger partial charge in [0.15, 0.2) is 5.78 Å². The number of aryl methyl sites for hydroxylation is 4. The molecule has 0 aliphatic heterocycles. The van der Waals surface area contributed by atoms with Crippen LogP contribution in [-0.4, -0.2) is 5.78 Å². The molecule has 3 aliphatic carbocycles. The highest BCUT2D eigenvalue weighted by Gasteiger charge is 2.52. The first-order valence-corrected chi connectivity index (χ1v) is 23.8. The molecule has 1 nitrogen and oxygen atoms in total. The molecule has 0 bridgehead atoms. The fourth-order valence-electron chi connectivity index (χ4n) is 11.6. The SMILES string of the molecule is C=C1C=CC(C(=O)c2ccc3c(c2)C2(c4ccccc4-3)c3cc(-c4cc(C)ccc4C)ccc3-c3ccc(-c4cc(C)ccc4C)cc32)=CCc2ccccc2-c2ccccc2-c2ccccc21. The van der Waals surface area contributed by atoms with Crippen molar-refractivity contribution < 1.29 is 4.79 Å². The van der Waals surface area contributed by atoms with Crippen molar-refractivity contribution in [3.8, 4) is 66.8 Å². The van der Waals surface area contributed by atoms with Gasteiger partial charge in [0.2, 0.25) is 0 Å². The van der Waals surface area contributed by atoms with Gasteiger partial charge in [0.25, 0.3) is 0 Å². The number of carbonyl (C=O) groups is 1. The van der Waals surface area contributed by atoms with Crippen LogP contribution in [0.3, 0.4) is 0 Å². The summed E-state index contributed by atoms with van der Waals surface area (Å²) in [5.74, 6) is -0.0158. The molecule has 12 rings (SSSR count). The van der Waals surface area contributed by atoms with E-state index in [4.69, 9.17) is 0 Å². The largest absolute Gasteiger partial charge is 0.289 e. The van der Waals surface area contributed by atoms with Crippen LogP contribution in [0.2, 0.25) is 0 Å². The molecule has 9 aromatic carbocycles. The molecular formula is C67H50O. The quantitative estimate of drug-likeness (QED) is 0.161. The van der Waals surface area contributed by atoms with Gasteiger partial charge in [-0.3, -0.25) is 4.79 Å². The maximum atomic E-state index is 15.5. The number of Topliss-reactive ketones (excluding diaryl/α,β-unsaturated/α-hetero) is 1. The van der Waals surface area contributed by atoms with Gasteiger partial charge in [-0.15, -0.1) is 0 Å². The number of hydrogen-bond acceptors (Lipinski definition) is 1. The van der Waals surface area contributed by atoms with Crippen molar-refractivity contribution in [2.45, 2.75) is 39.5 Å². The van der Waals surface area contributed by atoms with Crippen LogP contribution in [0.15, 0.2) is 218 Å². The van der Waals surface area contributed by atoms with Crippen LogP contribution >= 0.6 is 0 Å². The smallest absolute Gasteiger partial charge is 0.192 e. The summed E-state index contributed by atoms with van der Waals surface area (Å²) in [4.78, 5) is 15.5. The molecule has 0 unspecified atom stereocenters. The van der Waals surface area contributed by atoms with E-state index >= 15 is 4.79 Å². The van der Waals surface area contributed by atoms with Crippen LogP contribution in [0, 0.1) is 27.7 Å². The summed E-state index contributed by atoms with van der Waals surface area (Å²) in [5.41, 5.74) is 27.8. The van der Waals surface area contributed by atoms with Gasteiger partial charge in [0, 0.05) is 11.1 Å². The third-order valence-electron chi connectivity index (χ3n) is 14.9. The van der Waals surface area contributed by atoms with Crippen LogP contribution < -0.4 is 0 Å². The molecule has 0 saturated heterocycles. The molecule has 3 aliphatic rings.